The van der Waals surface area contributed by atoms with Gasteiger partial charge in [-0.1, -0.05) is 11.6 Å². The van der Waals surface area contributed by atoms with Crippen LogP contribution in [0, 0.1) is 11.3 Å². The van der Waals surface area contributed by atoms with Crippen molar-refractivity contribution in [2.45, 2.75) is 11.3 Å². The molecule has 18 heavy (non-hydrogen) atoms. The normalized spacial score (nSPS) is 11.6. The Balaban J connectivity index is 2.63. The highest BCUT2D eigenvalue weighted by Crippen LogP contribution is 2.21. The molecule has 1 aromatic rings. The monoisotopic (exact) mass is 285 g/mol. The zero-order valence-corrected chi connectivity index (χ0v) is 11.1. The molecule has 0 radical (unpaired) electrons. The van der Waals surface area contributed by atoms with E-state index >= 15 is 0 Å². The van der Waals surface area contributed by atoms with Gasteiger partial charge >= 0.3 is 0 Å². The lowest BCUT2D eigenvalue weighted by Gasteiger charge is -2.06. The van der Waals surface area contributed by atoms with Crippen LogP contribution in [-0.4, -0.2) is 22.4 Å². The summed E-state index contributed by atoms with van der Waals surface area (Å²) in [5.41, 5.74) is 6.00. The molecule has 0 aliphatic carbocycles. The number of hydrogen-bond acceptors (Lipinski definition) is 4. The Morgan fingerprint density at radius 3 is 2.94 bits per heavy atom. The number of amides is 1. The highest BCUT2D eigenvalue weighted by molar-refractivity contribution is 7.86. The Hall–Kier alpha value is -1.58. The third-order valence-corrected chi connectivity index (χ3v) is 3.65. The standard InChI is InChI=1S/C11H12ClN3O2S/c12-8-2-3-9(14)10(6-8)18(17)7-11(16)15-5-1-4-13/h2-3,6H,1,5,7,14H2,(H,15,16). The lowest BCUT2D eigenvalue weighted by molar-refractivity contribution is -0.118. The van der Waals surface area contributed by atoms with Crippen molar-refractivity contribution >= 4 is 34.0 Å². The third kappa shape index (κ3) is 4.35. The van der Waals surface area contributed by atoms with Crippen LogP contribution in [0.15, 0.2) is 23.1 Å². The first kappa shape index (κ1) is 14.5. The molecule has 1 amide bonds. The molecule has 0 aliphatic heterocycles. The lowest BCUT2D eigenvalue weighted by atomic mass is 10.3. The van der Waals surface area contributed by atoms with Crippen LogP contribution < -0.4 is 11.1 Å². The number of rotatable bonds is 5. The molecule has 0 heterocycles. The molecule has 1 unspecified atom stereocenters. The summed E-state index contributed by atoms with van der Waals surface area (Å²) in [6.07, 6.45) is 0.220. The van der Waals surface area contributed by atoms with Gasteiger partial charge in [0, 0.05) is 17.3 Å². The van der Waals surface area contributed by atoms with Gasteiger partial charge in [-0.15, -0.1) is 0 Å². The summed E-state index contributed by atoms with van der Waals surface area (Å²) in [5.74, 6) is -0.585. The van der Waals surface area contributed by atoms with Gasteiger partial charge in [0.05, 0.1) is 28.2 Å². The summed E-state index contributed by atoms with van der Waals surface area (Å²) >= 11 is 5.77. The highest BCUT2D eigenvalue weighted by atomic mass is 35.5. The zero-order valence-electron chi connectivity index (χ0n) is 9.48. The number of nitrogen functional groups attached to an aromatic ring is 1. The second-order valence-electron chi connectivity index (χ2n) is 3.43. The smallest absolute Gasteiger partial charge is 0.233 e. The first-order chi connectivity index (χ1) is 8.54. The van der Waals surface area contributed by atoms with E-state index in [-0.39, 0.29) is 24.6 Å². The van der Waals surface area contributed by atoms with Crippen LogP contribution in [-0.2, 0) is 15.6 Å². The lowest BCUT2D eigenvalue weighted by Crippen LogP contribution is -2.29. The summed E-state index contributed by atoms with van der Waals surface area (Å²) in [6, 6.07) is 6.51. The number of benzene rings is 1. The average Bonchev–Trinajstić information content (AvgIpc) is 2.32. The molecule has 1 atom stereocenters. The van der Waals surface area contributed by atoms with Crippen LogP contribution in [0.3, 0.4) is 0 Å². The molecule has 0 fully saturated rings. The Morgan fingerprint density at radius 1 is 1.56 bits per heavy atom. The van der Waals surface area contributed by atoms with Crippen molar-refractivity contribution in [3.63, 3.8) is 0 Å². The van der Waals surface area contributed by atoms with E-state index in [9.17, 15) is 9.00 Å². The largest absolute Gasteiger partial charge is 0.398 e. The van der Waals surface area contributed by atoms with Gasteiger partial charge < -0.3 is 11.1 Å². The maximum absolute atomic E-state index is 11.9. The molecular formula is C11H12ClN3O2S. The van der Waals surface area contributed by atoms with E-state index in [0.717, 1.165) is 0 Å². The summed E-state index contributed by atoms with van der Waals surface area (Å²) in [7, 11) is -1.55. The summed E-state index contributed by atoms with van der Waals surface area (Å²) < 4.78 is 11.9. The molecule has 1 aromatic carbocycles. The predicted molar refractivity (Wildman–Crippen MR) is 70.4 cm³/mol. The van der Waals surface area contributed by atoms with Gasteiger partial charge in [-0.2, -0.15) is 5.26 Å². The molecule has 0 aromatic heterocycles. The average molecular weight is 286 g/mol. The van der Waals surface area contributed by atoms with Crippen molar-refractivity contribution < 1.29 is 9.00 Å². The van der Waals surface area contributed by atoms with Crippen LogP contribution in [0.5, 0.6) is 0 Å². The topological polar surface area (TPSA) is 96.0 Å². The predicted octanol–water partition coefficient (Wildman–Crippen LogP) is 1.06. The van der Waals surface area contributed by atoms with Gasteiger partial charge in [0.25, 0.3) is 0 Å². The molecule has 0 bridgehead atoms. The van der Waals surface area contributed by atoms with Crippen molar-refractivity contribution in [3.05, 3.63) is 23.2 Å². The SMILES string of the molecule is N#CCCNC(=O)CS(=O)c1cc(Cl)ccc1N. The van der Waals surface area contributed by atoms with Gasteiger partial charge in [-0.25, -0.2) is 0 Å². The molecule has 0 saturated heterocycles. The maximum Gasteiger partial charge on any atom is 0.233 e. The van der Waals surface area contributed by atoms with Crippen LogP contribution in [0.4, 0.5) is 5.69 Å². The summed E-state index contributed by atoms with van der Waals surface area (Å²) in [4.78, 5) is 11.8. The Labute approximate surface area is 112 Å². The van der Waals surface area contributed by atoms with Crippen LogP contribution in [0.25, 0.3) is 0 Å². The van der Waals surface area contributed by atoms with Crippen LogP contribution in [0.2, 0.25) is 5.02 Å². The minimum absolute atomic E-state index is 0.198. The minimum atomic E-state index is -1.55. The van der Waals surface area contributed by atoms with Crippen LogP contribution in [0.1, 0.15) is 6.42 Å². The highest BCUT2D eigenvalue weighted by Gasteiger charge is 2.13. The first-order valence-electron chi connectivity index (χ1n) is 5.11. The Kier molecular flexibility index (Phi) is 5.62. The van der Waals surface area contributed by atoms with Gasteiger partial charge in [-0.05, 0) is 18.2 Å². The second-order valence-corrected chi connectivity index (χ2v) is 5.29. The molecule has 5 nitrogen and oxygen atoms in total. The molecule has 0 spiro atoms. The van der Waals surface area contributed by atoms with Crippen molar-refractivity contribution in [1.82, 2.24) is 5.32 Å². The number of nitrogens with two attached hydrogens (primary N) is 1. The van der Waals surface area contributed by atoms with E-state index < -0.39 is 10.8 Å². The van der Waals surface area contributed by atoms with Gasteiger partial charge in [0.1, 0.15) is 5.75 Å². The molecule has 0 saturated carbocycles. The van der Waals surface area contributed by atoms with E-state index in [1.54, 1.807) is 12.1 Å². The van der Waals surface area contributed by atoms with Crippen molar-refractivity contribution in [1.29, 1.82) is 5.26 Å². The summed E-state index contributed by atoms with van der Waals surface area (Å²) in [5, 5.41) is 11.2. The van der Waals surface area contributed by atoms with E-state index in [4.69, 9.17) is 22.6 Å². The molecule has 3 N–H and O–H groups in total. The fourth-order valence-corrected chi connectivity index (χ4v) is 2.53. The maximum atomic E-state index is 11.9. The fraction of sp³-hybridized carbons (Fsp3) is 0.273. The third-order valence-electron chi connectivity index (χ3n) is 2.04. The summed E-state index contributed by atoms with van der Waals surface area (Å²) in [6.45, 7) is 0.248. The van der Waals surface area contributed by atoms with Crippen molar-refractivity contribution in [2.24, 2.45) is 0 Å². The number of anilines is 1. The van der Waals surface area contributed by atoms with E-state index in [0.29, 0.717) is 15.6 Å². The molecule has 96 valence electrons. The minimum Gasteiger partial charge on any atom is -0.398 e. The number of halogens is 1. The Morgan fingerprint density at radius 2 is 2.28 bits per heavy atom. The molecular weight excluding hydrogens is 274 g/mol. The first-order valence-corrected chi connectivity index (χ1v) is 6.81. The number of carbonyl (C=O) groups excluding carboxylic acids is 1. The number of nitrogens with one attached hydrogen (secondary N) is 1. The van der Waals surface area contributed by atoms with Crippen molar-refractivity contribution in [3.8, 4) is 6.07 Å². The fourth-order valence-electron chi connectivity index (χ4n) is 1.21. The van der Waals surface area contributed by atoms with Gasteiger partial charge in [-0.3, -0.25) is 9.00 Å². The van der Waals surface area contributed by atoms with E-state index in [1.807, 2.05) is 6.07 Å². The van der Waals surface area contributed by atoms with Gasteiger partial charge in [0.15, 0.2) is 0 Å². The van der Waals surface area contributed by atoms with Crippen molar-refractivity contribution in [2.75, 3.05) is 18.0 Å². The number of nitriles is 1. The molecule has 1 rings (SSSR count). The number of carbonyl (C=O) groups is 1. The van der Waals surface area contributed by atoms with Gasteiger partial charge in [0.2, 0.25) is 5.91 Å². The van der Waals surface area contributed by atoms with Crippen LogP contribution >= 0.6 is 11.6 Å². The number of nitrogens with zero attached hydrogens (tertiary/aromatic N) is 1. The van der Waals surface area contributed by atoms with E-state index in [2.05, 4.69) is 5.32 Å². The molecule has 0 aliphatic rings. The quantitative estimate of drug-likeness (QED) is 0.624. The zero-order chi connectivity index (χ0) is 13.5. The number of hydrogen-bond donors (Lipinski definition) is 2. The van der Waals surface area contributed by atoms with E-state index in [1.165, 1.54) is 6.07 Å². The Bertz CT molecular complexity index is 514. The molecule has 7 heteroatoms. The second kappa shape index (κ2) is 6.99.